The topological polar surface area (TPSA) is 21.7 Å². The number of hydrogen-bond acceptors (Lipinski definition) is 4. The van der Waals surface area contributed by atoms with Gasteiger partial charge in [-0.3, -0.25) is 0 Å². The van der Waals surface area contributed by atoms with Gasteiger partial charge in [0.2, 0.25) is 0 Å². The monoisotopic (exact) mass is 727 g/mol. The Morgan fingerprint density at radius 2 is 0.909 bits per heavy atom. The van der Waals surface area contributed by atoms with Crippen molar-refractivity contribution < 1.29 is 9.47 Å². The Balaban J connectivity index is 1.02. The van der Waals surface area contributed by atoms with Crippen LogP contribution in [0, 0.1) is 0 Å². The normalized spacial score (nSPS) is 13.3. The van der Waals surface area contributed by atoms with E-state index in [2.05, 4.69) is 189 Å². The first-order valence-corrected chi connectivity index (χ1v) is 19.5. The molecule has 0 saturated carbocycles. The Morgan fingerprint density at radius 1 is 0.400 bits per heavy atom. The van der Waals surface area contributed by atoms with Gasteiger partial charge in [-0.05, 0) is 88.5 Å². The fourth-order valence-corrected chi connectivity index (χ4v) is 9.01. The number of para-hydroxylation sites is 3. The standard InChI is InChI=1S/C51H37NO2S/c1-51(2)43-16-6-7-18-45(43)54-49-41(14-10-17-44(49)51)36-24-30-39(31-25-36)52(38-28-22-35(23-29-38)34-12-4-3-5-13-34)40-32-26-37(27-33-40)42-15-11-20-47-50(42)55-48-21-9-8-19-46(48)53-47/h3-33H,1-2H3. The summed E-state index contributed by atoms with van der Waals surface area (Å²) in [5.41, 5.74) is 12.3. The third-order valence-electron chi connectivity index (χ3n) is 10.8. The molecule has 55 heavy (non-hydrogen) atoms. The van der Waals surface area contributed by atoms with Gasteiger partial charge in [-0.1, -0.05) is 153 Å². The molecule has 2 aliphatic rings. The van der Waals surface area contributed by atoms with Gasteiger partial charge in [0.1, 0.15) is 23.0 Å². The van der Waals surface area contributed by atoms with E-state index in [1.54, 1.807) is 11.8 Å². The number of hydrogen-bond donors (Lipinski definition) is 0. The molecule has 8 aromatic carbocycles. The molecule has 0 aromatic heterocycles. The second-order valence-electron chi connectivity index (χ2n) is 14.5. The maximum Gasteiger partial charge on any atom is 0.142 e. The summed E-state index contributed by atoms with van der Waals surface area (Å²) < 4.78 is 13.0. The summed E-state index contributed by atoms with van der Waals surface area (Å²) in [5, 5.41) is 0. The summed E-state index contributed by atoms with van der Waals surface area (Å²) in [4.78, 5) is 4.59. The van der Waals surface area contributed by atoms with Crippen LogP contribution in [0.5, 0.6) is 23.0 Å². The van der Waals surface area contributed by atoms with Crippen molar-refractivity contribution in [3.8, 4) is 56.4 Å². The van der Waals surface area contributed by atoms with Gasteiger partial charge in [-0.2, -0.15) is 0 Å². The van der Waals surface area contributed by atoms with Crippen LogP contribution in [0.2, 0.25) is 0 Å². The van der Waals surface area contributed by atoms with Crippen molar-refractivity contribution in [2.45, 2.75) is 29.1 Å². The van der Waals surface area contributed by atoms with Gasteiger partial charge in [-0.15, -0.1) is 0 Å². The van der Waals surface area contributed by atoms with E-state index in [4.69, 9.17) is 9.47 Å². The minimum atomic E-state index is -0.176. The lowest BCUT2D eigenvalue weighted by atomic mass is 9.75. The number of rotatable bonds is 6. The van der Waals surface area contributed by atoms with Crippen molar-refractivity contribution in [2.24, 2.45) is 0 Å². The number of ether oxygens (including phenoxy) is 2. The fraction of sp³-hybridized carbons (Fsp3) is 0.0588. The van der Waals surface area contributed by atoms with Crippen LogP contribution in [0.3, 0.4) is 0 Å². The Hall–Kier alpha value is -6.49. The molecular formula is C51H37NO2S. The predicted octanol–water partition coefficient (Wildman–Crippen LogP) is 14.8. The van der Waals surface area contributed by atoms with E-state index in [-0.39, 0.29) is 5.41 Å². The molecule has 0 unspecified atom stereocenters. The van der Waals surface area contributed by atoms with Gasteiger partial charge in [0.25, 0.3) is 0 Å². The van der Waals surface area contributed by atoms with Gasteiger partial charge >= 0.3 is 0 Å². The first-order chi connectivity index (χ1) is 27.0. The minimum Gasteiger partial charge on any atom is -0.456 e. The highest BCUT2D eigenvalue weighted by atomic mass is 32.2. The smallest absolute Gasteiger partial charge is 0.142 e. The van der Waals surface area contributed by atoms with Crippen LogP contribution in [0.25, 0.3) is 33.4 Å². The molecular weight excluding hydrogens is 691 g/mol. The quantitative estimate of drug-likeness (QED) is 0.170. The summed E-state index contributed by atoms with van der Waals surface area (Å²) in [6.07, 6.45) is 0. The van der Waals surface area contributed by atoms with Crippen LogP contribution in [0.4, 0.5) is 17.1 Å². The zero-order chi connectivity index (χ0) is 36.9. The van der Waals surface area contributed by atoms with Crippen molar-refractivity contribution >= 4 is 28.8 Å². The highest BCUT2D eigenvalue weighted by Crippen LogP contribution is 2.52. The van der Waals surface area contributed by atoms with E-state index in [0.29, 0.717) is 0 Å². The van der Waals surface area contributed by atoms with Crippen LogP contribution in [0.15, 0.2) is 198 Å². The lowest BCUT2D eigenvalue weighted by molar-refractivity contribution is 0.419. The molecule has 3 nitrogen and oxygen atoms in total. The summed E-state index contributed by atoms with van der Waals surface area (Å²) in [7, 11) is 0. The first-order valence-electron chi connectivity index (χ1n) is 18.7. The zero-order valence-corrected chi connectivity index (χ0v) is 31.4. The third kappa shape index (κ3) is 5.87. The summed E-state index contributed by atoms with van der Waals surface area (Å²) in [5.74, 6) is 3.65. The van der Waals surface area contributed by atoms with Crippen molar-refractivity contribution in [1.29, 1.82) is 0 Å². The largest absolute Gasteiger partial charge is 0.456 e. The van der Waals surface area contributed by atoms with Gasteiger partial charge in [0.05, 0.1) is 9.79 Å². The fourth-order valence-electron chi connectivity index (χ4n) is 7.93. The van der Waals surface area contributed by atoms with Crippen molar-refractivity contribution in [1.82, 2.24) is 0 Å². The number of benzene rings is 8. The highest BCUT2D eigenvalue weighted by molar-refractivity contribution is 7.99. The van der Waals surface area contributed by atoms with Crippen LogP contribution in [-0.2, 0) is 5.41 Å². The van der Waals surface area contributed by atoms with Crippen LogP contribution in [0.1, 0.15) is 25.0 Å². The minimum absolute atomic E-state index is 0.176. The molecule has 264 valence electrons. The van der Waals surface area contributed by atoms with Gasteiger partial charge < -0.3 is 14.4 Å². The third-order valence-corrected chi connectivity index (χ3v) is 12.0. The Kier molecular flexibility index (Phi) is 8.08. The molecule has 2 aliphatic heterocycles. The average molecular weight is 728 g/mol. The van der Waals surface area contributed by atoms with Crippen LogP contribution >= 0.6 is 11.8 Å². The second-order valence-corrected chi connectivity index (χ2v) is 15.6. The zero-order valence-electron chi connectivity index (χ0n) is 30.6. The molecule has 0 aliphatic carbocycles. The van der Waals surface area contributed by atoms with Gasteiger partial charge in [0, 0.05) is 39.2 Å². The summed E-state index contributed by atoms with van der Waals surface area (Å²) >= 11 is 1.77. The Bertz CT molecular complexity index is 2680. The predicted molar refractivity (Wildman–Crippen MR) is 227 cm³/mol. The number of nitrogens with zero attached hydrogens (tertiary/aromatic N) is 1. The van der Waals surface area contributed by atoms with E-state index in [1.807, 2.05) is 18.2 Å². The molecule has 0 fully saturated rings. The molecule has 0 radical (unpaired) electrons. The van der Waals surface area contributed by atoms with E-state index >= 15 is 0 Å². The molecule has 0 atom stereocenters. The lowest BCUT2D eigenvalue weighted by Gasteiger charge is -2.35. The molecule has 0 spiro atoms. The molecule has 10 rings (SSSR count). The van der Waals surface area contributed by atoms with E-state index < -0.39 is 0 Å². The average Bonchev–Trinajstić information content (AvgIpc) is 3.24. The molecule has 0 amide bonds. The summed E-state index contributed by atoms with van der Waals surface area (Å²) in [6.45, 7) is 4.56. The van der Waals surface area contributed by atoms with Crippen LogP contribution < -0.4 is 14.4 Å². The molecule has 0 saturated heterocycles. The van der Waals surface area contributed by atoms with Gasteiger partial charge in [-0.25, -0.2) is 0 Å². The SMILES string of the molecule is CC1(C)c2ccccc2Oc2c(-c3ccc(N(c4ccc(-c5ccccc5)cc4)c4ccc(-c5cccc6c5Sc5ccccc5O6)cc4)cc3)cccc21. The Labute approximate surface area is 326 Å². The number of fused-ring (bicyclic) bond motifs is 4. The second kappa shape index (κ2) is 13.4. The van der Waals surface area contributed by atoms with Crippen molar-refractivity contribution in [3.63, 3.8) is 0 Å². The van der Waals surface area contributed by atoms with E-state index in [9.17, 15) is 0 Å². The van der Waals surface area contributed by atoms with Crippen molar-refractivity contribution in [2.75, 3.05) is 4.90 Å². The van der Waals surface area contributed by atoms with E-state index in [1.165, 1.54) is 22.3 Å². The molecule has 4 heteroatoms. The molecule has 0 N–H and O–H groups in total. The Morgan fingerprint density at radius 3 is 1.62 bits per heavy atom. The molecule has 0 bridgehead atoms. The number of anilines is 3. The van der Waals surface area contributed by atoms with Gasteiger partial charge in [0.15, 0.2) is 0 Å². The molecule has 8 aromatic rings. The van der Waals surface area contributed by atoms with E-state index in [0.717, 1.165) is 72.1 Å². The van der Waals surface area contributed by atoms with Crippen molar-refractivity contribution in [3.05, 3.63) is 199 Å². The maximum atomic E-state index is 6.64. The maximum absolute atomic E-state index is 6.64. The molecule has 2 heterocycles. The lowest BCUT2D eigenvalue weighted by Crippen LogP contribution is -2.24. The summed E-state index contributed by atoms with van der Waals surface area (Å²) in [6, 6.07) is 66.6. The first kappa shape index (κ1) is 33.1. The highest BCUT2D eigenvalue weighted by Gasteiger charge is 2.35. The van der Waals surface area contributed by atoms with Crippen LogP contribution in [-0.4, -0.2) is 0 Å².